The summed E-state index contributed by atoms with van der Waals surface area (Å²) in [6, 6.07) is 0. The molecule has 0 amide bonds. The molecular weight excluding hydrogens is 305 g/mol. The fourth-order valence-corrected chi connectivity index (χ4v) is 1.71. The van der Waals surface area contributed by atoms with Gasteiger partial charge in [0.25, 0.3) is 5.56 Å². The van der Waals surface area contributed by atoms with E-state index in [0.29, 0.717) is 0 Å². The highest BCUT2D eigenvalue weighted by atomic mass is 127. The van der Waals surface area contributed by atoms with Crippen molar-refractivity contribution in [2.45, 2.75) is 19.9 Å². The molecule has 0 unspecified atom stereocenters. The van der Waals surface area contributed by atoms with Gasteiger partial charge in [-0.3, -0.25) is 9.36 Å². The summed E-state index contributed by atoms with van der Waals surface area (Å²) in [4.78, 5) is 18.1. The summed E-state index contributed by atoms with van der Waals surface area (Å²) in [7, 11) is 4.06. The summed E-state index contributed by atoms with van der Waals surface area (Å²) in [5.41, 5.74) is 0.881. The molecule has 1 aromatic rings. The highest BCUT2D eigenvalue weighted by Crippen LogP contribution is 2.01. The standard InChI is InChI=1S/C10H16IN3O/c1-8-9(11)10(15)14(7-12-8)6-4-5-13(2)3/h7H,4-6H2,1-3H3. The van der Waals surface area contributed by atoms with Crippen LogP contribution in [0.15, 0.2) is 11.1 Å². The maximum absolute atomic E-state index is 11.8. The molecule has 1 heterocycles. The van der Waals surface area contributed by atoms with Crippen molar-refractivity contribution >= 4 is 22.6 Å². The lowest BCUT2D eigenvalue weighted by Crippen LogP contribution is -2.25. The van der Waals surface area contributed by atoms with Crippen LogP contribution in [0.25, 0.3) is 0 Å². The molecular formula is C10H16IN3O. The first-order chi connectivity index (χ1) is 7.02. The zero-order valence-corrected chi connectivity index (χ0v) is 11.5. The van der Waals surface area contributed by atoms with Gasteiger partial charge < -0.3 is 4.90 Å². The van der Waals surface area contributed by atoms with Crippen LogP contribution >= 0.6 is 22.6 Å². The van der Waals surface area contributed by atoms with Gasteiger partial charge in [-0.05, 0) is 56.6 Å². The lowest BCUT2D eigenvalue weighted by molar-refractivity contribution is 0.384. The number of aryl methyl sites for hydroxylation is 2. The zero-order valence-electron chi connectivity index (χ0n) is 9.33. The number of aromatic nitrogens is 2. The van der Waals surface area contributed by atoms with E-state index in [1.54, 1.807) is 10.9 Å². The molecule has 0 radical (unpaired) electrons. The number of rotatable bonds is 4. The number of nitrogens with zero attached hydrogens (tertiary/aromatic N) is 3. The first-order valence-corrected chi connectivity index (χ1v) is 5.96. The van der Waals surface area contributed by atoms with Crippen LogP contribution in [0.3, 0.4) is 0 Å². The molecule has 0 aliphatic rings. The Morgan fingerprint density at radius 2 is 2.20 bits per heavy atom. The molecule has 84 valence electrons. The Hall–Kier alpha value is -0.430. The molecule has 0 atom stereocenters. The zero-order chi connectivity index (χ0) is 11.4. The second-order valence-corrected chi connectivity index (χ2v) is 4.88. The van der Waals surface area contributed by atoms with Gasteiger partial charge in [-0.15, -0.1) is 0 Å². The van der Waals surface area contributed by atoms with Gasteiger partial charge in [0.2, 0.25) is 0 Å². The van der Waals surface area contributed by atoms with E-state index in [1.807, 2.05) is 21.0 Å². The first kappa shape index (κ1) is 12.6. The van der Waals surface area contributed by atoms with Crippen molar-refractivity contribution in [1.29, 1.82) is 0 Å². The van der Waals surface area contributed by atoms with Crippen molar-refractivity contribution < 1.29 is 0 Å². The van der Waals surface area contributed by atoms with Crippen molar-refractivity contribution in [2.75, 3.05) is 20.6 Å². The van der Waals surface area contributed by atoms with Gasteiger partial charge in [0.15, 0.2) is 0 Å². The largest absolute Gasteiger partial charge is 0.309 e. The van der Waals surface area contributed by atoms with E-state index in [4.69, 9.17) is 0 Å². The second-order valence-electron chi connectivity index (χ2n) is 3.80. The SMILES string of the molecule is Cc1ncn(CCCN(C)C)c(=O)c1I. The van der Waals surface area contributed by atoms with Gasteiger partial charge in [-0.1, -0.05) is 0 Å². The summed E-state index contributed by atoms with van der Waals surface area (Å²) in [5.74, 6) is 0. The Morgan fingerprint density at radius 1 is 1.53 bits per heavy atom. The Morgan fingerprint density at radius 3 is 2.80 bits per heavy atom. The van der Waals surface area contributed by atoms with Crippen molar-refractivity contribution in [1.82, 2.24) is 14.5 Å². The number of halogens is 1. The first-order valence-electron chi connectivity index (χ1n) is 4.88. The summed E-state index contributed by atoms with van der Waals surface area (Å²) < 4.78 is 2.40. The van der Waals surface area contributed by atoms with Crippen LogP contribution in [0, 0.1) is 10.5 Å². The van der Waals surface area contributed by atoms with Crippen molar-refractivity contribution in [3.8, 4) is 0 Å². The van der Waals surface area contributed by atoms with E-state index < -0.39 is 0 Å². The van der Waals surface area contributed by atoms with Crippen molar-refractivity contribution in [3.05, 3.63) is 25.9 Å². The van der Waals surface area contributed by atoms with Crippen LogP contribution < -0.4 is 5.56 Å². The minimum atomic E-state index is 0.0712. The third kappa shape index (κ3) is 3.57. The quantitative estimate of drug-likeness (QED) is 0.780. The molecule has 0 aliphatic heterocycles. The maximum Gasteiger partial charge on any atom is 0.266 e. The van der Waals surface area contributed by atoms with Crippen LogP contribution in [0.5, 0.6) is 0 Å². The van der Waals surface area contributed by atoms with E-state index in [0.717, 1.165) is 28.8 Å². The average Bonchev–Trinajstić information content (AvgIpc) is 2.18. The molecule has 0 aromatic carbocycles. The number of hydrogen-bond donors (Lipinski definition) is 0. The molecule has 1 rings (SSSR count). The van der Waals surface area contributed by atoms with Gasteiger partial charge in [0.1, 0.15) is 0 Å². The third-order valence-electron chi connectivity index (χ3n) is 2.16. The predicted octanol–water partition coefficient (Wildman–Crippen LogP) is 1.11. The molecule has 1 aromatic heterocycles. The average molecular weight is 321 g/mol. The van der Waals surface area contributed by atoms with Gasteiger partial charge >= 0.3 is 0 Å². The molecule has 0 aliphatic carbocycles. The number of hydrogen-bond acceptors (Lipinski definition) is 3. The minimum absolute atomic E-state index is 0.0712. The molecule has 15 heavy (non-hydrogen) atoms. The van der Waals surface area contributed by atoms with E-state index in [2.05, 4.69) is 32.5 Å². The minimum Gasteiger partial charge on any atom is -0.309 e. The second kappa shape index (κ2) is 5.60. The Bertz CT molecular complexity index is 387. The Balaban J connectivity index is 2.71. The topological polar surface area (TPSA) is 38.1 Å². The fourth-order valence-electron chi connectivity index (χ4n) is 1.26. The molecule has 0 saturated carbocycles. The van der Waals surface area contributed by atoms with E-state index in [9.17, 15) is 4.79 Å². The van der Waals surface area contributed by atoms with E-state index in [-0.39, 0.29) is 5.56 Å². The molecule has 0 spiro atoms. The maximum atomic E-state index is 11.8. The lowest BCUT2D eigenvalue weighted by atomic mass is 10.4. The summed E-state index contributed by atoms with van der Waals surface area (Å²) >= 11 is 2.05. The smallest absolute Gasteiger partial charge is 0.266 e. The monoisotopic (exact) mass is 321 g/mol. The van der Waals surface area contributed by atoms with Gasteiger partial charge in [-0.25, -0.2) is 4.98 Å². The van der Waals surface area contributed by atoms with Crippen molar-refractivity contribution in [2.24, 2.45) is 0 Å². The summed E-state index contributed by atoms with van der Waals surface area (Å²) in [6.07, 6.45) is 2.60. The van der Waals surface area contributed by atoms with E-state index in [1.165, 1.54) is 0 Å². The molecule has 0 bridgehead atoms. The molecule has 5 heteroatoms. The van der Waals surface area contributed by atoms with Crippen LogP contribution in [0.2, 0.25) is 0 Å². The predicted molar refractivity (Wildman–Crippen MR) is 69.1 cm³/mol. The van der Waals surface area contributed by atoms with Gasteiger partial charge in [0, 0.05) is 6.54 Å². The van der Waals surface area contributed by atoms with Crippen LogP contribution in [-0.2, 0) is 6.54 Å². The van der Waals surface area contributed by atoms with Crippen LogP contribution in [0.4, 0.5) is 0 Å². The highest BCUT2D eigenvalue weighted by molar-refractivity contribution is 14.1. The molecule has 0 N–H and O–H groups in total. The summed E-state index contributed by atoms with van der Waals surface area (Å²) in [6.45, 7) is 3.57. The van der Waals surface area contributed by atoms with Crippen LogP contribution in [-0.4, -0.2) is 35.1 Å². The molecule has 0 saturated heterocycles. The lowest BCUT2D eigenvalue weighted by Gasteiger charge is -2.10. The fraction of sp³-hybridized carbons (Fsp3) is 0.600. The summed E-state index contributed by atoms with van der Waals surface area (Å²) in [5, 5.41) is 0. The molecule has 0 fully saturated rings. The normalized spacial score (nSPS) is 11.0. The Kier molecular flexibility index (Phi) is 4.72. The van der Waals surface area contributed by atoms with Crippen LogP contribution in [0.1, 0.15) is 12.1 Å². The highest BCUT2D eigenvalue weighted by Gasteiger charge is 2.04. The third-order valence-corrected chi connectivity index (χ3v) is 3.40. The van der Waals surface area contributed by atoms with E-state index >= 15 is 0 Å². The molecule has 4 nitrogen and oxygen atoms in total. The van der Waals surface area contributed by atoms with Crippen molar-refractivity contribution in [3.63, 3.8) is 0 Å². The van der Waals surface area contributed by atoms with Gasteiger partial charge in [0.05, 0.1) is 15.6 Å². The Labute approximate surface area is 103 Å². The van der Waals surface area contributed by atoms with Gasteiger partial charge in [-0.2, -0.15) is 0 Å².